The van der Waals surface area contributed by atoms with Crippen molar-refractivity contribution in [2.75, 3.05) is 5.32 Å². The topological polar surface area (TPSA) is 38.1 Å². The van der Waals surface area contributed by atoms with Crippen molar-refractivity contribution in [2.24, 2.45) is 0 Å². The molecule has 0 amide bonds. The molecule has 1 fully saturated rings. The van der Waals surface area contributed by atoms with E-state index in [4.69, 9.17) is 4.42 Å². The number of aromatic nitrogens is 1. The molecular formula is C18H17BrN2O. The molecule has 2 aromatic carbocycles. The lowest BCUT2D eigenvalue weighted by Gasteiger charge is -2.15. The maximum Gasteiger partial charge on any atom is 0.198 e. The summed E-state index contributed by atoms with van der Waals surface area (Å²) in [6.07, 6.45) is 2.41. The van der Waals surface area contributed by atoms with Gasteiger partial charge in [-0.05, 0) is 55.7 Å². The van der Waals surface area contributed by atoms with E-state index in [0.29, 0.717) is 5.92 Å². The Bertz CT molecular complexity index is 806. The van der Waals surface area contributed by atoms with Crippen LogP contribution in [0.2, 0.25) is 0 Å². The Balaban J connectivity index is 1.56. The van der Waals surface area contributed by atoms with Gasteiger partial charge in [-0.3, -0.25) is 0 Å². The predicted octanol–water partition coefficient (Wildman–Crippen LogP) is 5.64. The molecule has 1 aliphatic carbocycles. The molecule has 0 bridgehead atoms. The van der Waals surface area contributed by atoms with Crippen LogP contribution in [0.4, 0.5) is 5.69 Å². The number of anilines is 1. The average Bonchev–Trinajstić information content (AvgIpc) is 3.28. The molecule has 1 atom stereocenters. The van der Waals surface area contributed by atoms with E-state index in [1.165, 1.54) is 18.4 Å². The summed E-state index contributed by atoms with van der Waals surface area (Å²) in [5.74, 6) is 1.44. The molecule has 1 aromatic heterocycles. The van der Waals surface area contributed by atoms with Crippen LogP contribution in [0.3, 0.4) is 0 Å². The van der Waals surface area contributed by atoms with Gasteiger partial charge < -0.3 is 9.73 Å². The lowest BCUT2D eigenvalue weighted by molar-refractivity contribution is 0.533. The molecule has 1 saturated carbocycles. The van der Waals surface area contributed by atoms with E-state index in [1.54, 1.807) is 0 Å². The van der Waals surface area contributed by atoms with Crippen molar-refractivity contribution in [3.05, 3.63) is 58.4 Å². The Morgan fingerprint density at radius 1 is 1.18 bits per heavy atom. The smallest absolute Gasteiger partial charge is 0.198 e. The standard InChI is InChI=1S/C18H17BrN2O/c1-11(12-4-6-14(19)7-5-12)20-15-8-9-17-16(10-15)21-18(22-17)13-2-3-13/h4-11,13,20H,2-3H2,1H3. The second-order valence-electron chi connectivity index (χ2n) is 5.93. The van der Waals surface area contributed by atoms with Gasteiger partial charge in [0.2, 0.25) is 0 Å². The molecule has 4 heteroatoms. The van der Waals surface area contributed by atoms with E-state index in [-0.39, 0.29) is 6.04 Å². The number of nitrogens with zero attached hydrogens (tertiary/aromatic N) is 1. The summed E-state index contributed by atoms with van der Waals surface area (Å²) < 4.78 is 6.90. The number of hydrogen-bond acceptors (Lipinski definition) is 3. The van der Waals surface area contributed by atoms with Gasteiger partial charge in [0.15, 0.2) is 11.5 Å². The fourth-order valence-electron chi connectivity index (χ4n) is 2.62. The van der Waals surface area contributed by atoms with Gasteiger partial charge in [-0.1, -0.05) is 28.1 Å². The first-order valence-electron chi connectivity index (χ1n) is 7.61. The fraction of sp³-hybridized carbons (Fsp3) is 0.278. The normalized spacial score (nSPS) is 15.9. The van der Waals surface area contributed by atoms with Gasteiger partial charge in [0, 0.05) is 22.1 Å². The average molecular weight is 357 g/mol. The van der Waals surface area contributed by atoms with Gasteiger partial charge in [-0.2, -0.15) is 0 Å². The molecule has 0 spiro atoms. The van der Waals surface area contributed by atoms with Gasteiger partial charge in [0.1, 0.15) is 5.52 Å². The van der Waals surface area contributed by atoms with Crippen molar-refractivity contribution in [3.8, 4) is 0 Å². The third kappa shape index (κ3) is 2.75. The highest BCUT2D eigenvalue weighted by Gasteiger charge is 2.28. The number of hydrogen-bond donors (Lipinski definition) is 1. The highest BCUT2D eigenvalue weighted by molar-refractivity contribution is 9.10. The molecule has 0 saturated heterocycles. The van der Waals surface area contributed by atoms with Crippen LogP contribution < -0.4 is 5.32 Å². The zero-order valence-corrected chi connectivity index (χ0v) is 13.9. The summed E-state index contributed by atoms with van der Waals surface area (Å²) in [4.78, 5) is 4.61. The zero-order chi connectivity index (χ0) is 15.1. The Morgan fingerprint density at radius 2 is 1.95 bits per heavy atom. The van der Waals surface area contributed by atoms with Crippen LogP contribution in [0.15, 0.2) is 51.4 Å². The summed E-state index contributed by atoms with van der Waals surface area (Å²) >= 11 is 3.47. The molecule has 4 rings (SSSR count). The Labute approximate surface area is 137 Å². The molecule has 112 valence electrons. The van der Waals surface area contributed by atoms with Crippen LogP contribution in [0.5, 0.6) is 0 Å². The van der Waals surface area contributed by atoms with Gasteiger partial charge in [0.05, 0.1) is 0 Å². The zero-order valence-electron chi connectivity index (χ0n) is 12.3. The molecule has 0 radical (unpaired) electrons. The largest absolute Gasteiger partial charge is 0.440 e. The van der Waals surface area contributed by atoms with Crippen LogP contribution in [-0.4, -0.2) is 4.98 Å². The maximum atomic E-state index is 5.81. The highest BCUT2D eigenvalue weighted by Crippen LogP contribution is 2.40. The highest BCUT2D eigenvalue weighted by atomic mass is 79.9. The Kier molecular flexibility index (Phi) is 3.41. The third-order valence-electron chi connectivity index (χ3n) is 4.08. The first-order valence-corrected chi connectivity index (χ1v) is 8.41. The van der Waals surface area contributed by atoms with Crippen molar-refractivity contribution < 1.29 is 4.42 Å². The molecular weight excluding hydrogens is 340 g/mol. The molecule has 22 heavy (non-hydrogen) atoms. The van der Waals surface area contributed by atoms with Crippen LogP contribution in [-0.2, 0) is 0 Å². The summed E-state index contributed by atoms with van der Waals surface area (Å²) in [6.45, 7) is 2.16. The van der Waals surface area contributed by atoms with E-state index in [0.717, 1.165) is 27.2 Å². The minimum atomic E-state index is 0.236. The monoisotopic (exact) mass is 356 g/mol. The Hall–Kier alpha value is -1.81. The van der Waals surface area contributed by atoms with Crippen molar-refractivity contribution in [2.45, 2.75) is 31.7 Å². The third-order valence-corrected chi connectivity index (χ3v) is 4.61. The molecule has 1 N–H and O–H groups in total. The quantitative estimate of drug-likeness (QED) is 0.657. The summed E-state index contributed by atoms with van der Waals surface area (Å²) in [6, 6.07) is 14.8. The molecule has 1 unspecified atom stereocenters. The Morgan fingerprint density at radius 3 is 2.68 bits per heavy atom. The minimum absolute atomic E-state index is 0.236. The lowest BCUT2D eigenvalue weighted by Crippen LogP contribution is -2.06. The number of halogens is 1. The first-order chi connectivity index (χ1) is 10.7. The van der Waals surface area contributed by atoms with E-state index in [2.05, 4.69) is 69.6 Å². The van der Waals surface area contributed by atoms with Gasteiger partial charge in [0.25, 0.3) is 0 Å². The predicted molar refractivity (Wildman–Crippen MR) is 92.2 cm³/mol. The minimum Gasteiger partial charge on any atom is -0.440 e. The van der Waals surface area contributed by atoms with Gasteiger partial charge in [-0.25, -0.2) is 4.98 Å². The number of rotatable bonds is 4. The molecule has 1 aliphatic rings. The molecule has 3 aromatic rings. The number of oxazole rings is 1. The first kappa shape index (κ1) is 13.8. The van der Waals surface area contributed by atoms with Crippen molar-refractivity contribution >= 4 is 32.7 Å². The van der Waals surface area contributed by atoms with Gasteiger partial charge >= 0.3 is 0 Å². The summed E-state index contributed by atoms with van der Waals surface area (Å²) in [5.41, 5.74) is 4.14. The SMILES string of the molecule is CC(Nc1ccc2oc(C3CC3)nc2c1)c1ccc(Br)cc1. The number of fused-ring (bicyclic) bond motifs is 1. The number of nitrogens with one attached hydrogen (secondary N) is 1. The second-order valence-corrected chi connectivity index (χ2v) is 6.84. The summed E-state index contributed by atoms with van der Waals surface area (Å²) in [7, 11) is 0. The maximum absolute atomic E-state index is 5.81. The molecule has 1 heterocycles. The van der Waals surface area contributed by atoms with E-state index >= 15 is 0 Å². The summed E-state index contributed by atoms with van der Waals surface area (Å²) in [5, 5.41) is 3.53. The number of benzene rings is 2. The van der Waals surface area contributed by atoms with Crippen molar-refractivity contribution in [1.82, 2.24) is 4.98 Å². The van der Waals surface area contributed by atoms with Crippen LogP contribution in [0.25, 0.3) is 11.1 Å². The fourth-order valence-corrected chi connectivity index (χ4v) is 2.89. The van der Waals surface area contributed by atoms with Crippen LogP contribution in [0, 0.1) is 0 Å². The van der Waals surface area contributed by atoms with Crippen molar-refractivity contribution in [3.63, 3.8) is 0 Å². The molecule has 0 aliphatic heterocycles. The van der Waals surface area contributed by atoms with E-state index in [1.807, 2.05) is 6.07 Å². The van der Waals surface area contributed by atoms with Crippen LogP contribution >= 0.6 is 15.9 Å². The lowest BCUT2D eigenvalue weighted by atomic mass is 10.1. The van der Waals surface area contributed by atoms with Gasteiger partial charge in [-0.15, -0.1) is 0 Å². The van der Waals surface area contributed by atoms with E-state index in [9.17, 15) is 0 Å². The van der Waals surface area contributed by atoms with Crippen molar-refractivity contribution in [1.29, 1.82) is 0 Å². The second kappa shape index (κ2) is 5.43. The van der Waals surface area contributed by atoms with Crippen LogP contribution in [0.1, 0.15) is 43.2 Å². The van der Waals surface area contributed by atoms with E-state index < -0.39 is 0 Å². The molecule has 3 nitrogen and oxygen atoms in total.